The van der Waals surface area contributed by atoms with Crippen LogP contribution in [0.2, 0.25) is 0 Å². The van der Waals surface area contributed by atoms with Crippen LogP contribution in [-0.2, 0) is 6.42 Å². The second-order valence-corrected chi connectivity index (χ2v) is 3.30. The van der Waals surface area contributed by atoms with Crippen LogP contribution in [0.1, 0.15) is 18.1 Å². The molecule has 0 aliphatic carbocycles. The van der Waals surface area contributed by atoms with E-state index >= 15 is 0 Å². The molecule has 0 aromatic heterocycles. The SMILES string of the molecule is C=CCc1ccc(OC)cc1C(=C)C. The molecule has 1 aromatic carbocycles. The van der Waals surface area contributed by atoms with Crippen LogP contribution >= 0.6 is 0 Å². The van der Waals surface area contributed by atoms with Gasteiger partial charge < -0.3 is 4.74 Å². The van der Waals surface area contributed by atoms with Crippen molar-refractivity contribution < 1.29 is 4.74 Å². The molecule has 0 N–H and O–H groups in total. The zero-order valence-corrected chi connectivity index (χ0v) is 8.84. The average molecular weight is 188 g/mol. The highest BCUT2D eigenvalue weighted by Crippen LogP contribution is 2.23. The van der Waals surface area contributed by atoms with Gasteiger partial charge in [0.15, 0.2) is 0 Å². The number of methoxy groups -OCH3 is 1. The van der Waals surface area contributed by atoms with Gasteiger partial charge >= 0.3 is 0 Å². The molecule has 0 aliphatic rings. The van der Waals surface area contributed by atoms with E-state index in [0.717, 1.165) is 23.3 Å². The maximum Gasteiger partial charge on any atom is 0.119 e. The van der Waals surface area contributed by atoms with Crippen molar-refractivity contribution in [3.05, 3.63) is 48.6 Å². The van der Waals surface area contributed by atoms with Crippen molar-refractivity contribution >= 4 is 5.57 Å². The molecule has 1 nitrogen and oxygen atoms in total. The second kappa shape index (κ2) is 4.66. The predicted molar refractivity (Wildman–Crippen MR) is 61.6 cm³/mol. The molecule has 74 valence electrons. The van der Waals surface area contributed by atoms with Gasteiger partial charge in [0, 0.05) is 0 Å². The summed E-state index contributed by atoms with van der Waals surface area (Å²) in [5.41, 5.74) is 3.46. The van der Waals surface area contributed by atoms with E-state index in [-0.39, 0.29) is 0 Å². The molecule has 0 spiro atoms. The summed E-state index contributed by atoms with van der Waals surface area (Å²) in [6.07, 6.45) is 2.76. The molecule has 0 bridgehead atoms. The van der Waals surface area contributed by atoms with Crippen LogP contribution in [0.5, 0.6) is 5.75 Å². The molecule has 0 radical (unpaired) electrons. The third-order valence-electron chi connectivity index (χ3n) is 2.14. The zero-order valence-electron chi connectivity index (χ0n) is 8.84. The Morgan fingerprint density at radius 2 is 2.21 bits per heavy atom. The molecule has 1 heteroatoms. The molecule has 1 rings (SSSR count). The Hall–Kier alpha value is -1.50. The summed E-state index contributed by atoms with van der Waals surface area (Å²) in [6.45, 7) is 9.69. The Morgan fingerprint density at radius 3 is 2.71 bits per heavy atom. The van der Waals surface area contributed by atoms with Gasteiger partial charge in [-0.05, 0) is 36.6 Å². The summed E-state index contributed by atoms with van der Waals surface area (Å²) in [6, 6.07) is 6.04. The molecular formula is C13H16O. The fourth-order valence-electron chi connectivity index (χ4n) is 1.41. The topological polar surface area (TPSA) is 9.23 Å². The molecular weight excluding hydrogens is 172 g/mol. The molecule has 0 fully saturated rings. The Labute approximate surface area is 85.7 Å². The lowest BCUT2D eigenvalue weighted by molar-refractivity contribution is 0.414. The first kappa shape index (κ1) is 10.6. The molecule has 0 amide bonds. The molecule has 0 atom stereocenters. The second-order valence-electron chi connectivity index (χ2n) is 3.30. The first-order chi connectivity index (χ1) is 6.69. The minimum Gasteiger partial charge on any atom is -0.497 e. The summed E-state index contributed by atoms with van der Waals surface area (Å²) < 4.78 is 5.17. The number of allylic oxidation sites excluding steroid dienone is 2. The van der Waals surface area contributed by atoms with Crippen molar-refractivity contribution in [2.75, 3.05) is 7.11 Å². The van der Waals surface area contributed by atoms with E-state index in [1.807, 2.05) is 25.1 Å². The van der Waals surface area contributed by atoms with Crippen LogP contribution < -0.4 is 4.74 Å². The van der Waals surface area contributed by atoms with E-state index in [1.54, 1.807) is 7.11 Å². The lowest BCUT2D eigenvalue weighted by Crippen LogP contribution is -1.92. The summed E-state index contributed by atoms with van der Waals surface area (Å²) in [5.74, 6) is 0.871. The third kappa shape index (κ3) is 2.25. The Bertz CT molecular complexity index is 350. The van der Waals surface area contributed by atoms with Crippen molar-refractivity contribution in [3.63, 3.8) is 0 Å². The molecule has 0 heterocycles. The largest absolute Gasteiger partial charge is 0.497 e. The monoisotopic (exact) mass is 188 g/mol. The van der Waals surface area contributed by atoms with Gasteiger partial charge in [-0.25, -0.2) is 0 Å². The van der Waals surface area contributed by atoms with E-state index in [1.165, 1.54) is 5.56 Å². The molecule has 0 unspecified atom stereocenters. The fourth-order valence-corrected chi connectivity index (χ4v) is 1.41. The Kier molecular flexibility index (Phi) is 3.52. The predicted octanol–water partition coefficient (Wildman–Crippen LogP) is 3.46. The quantitative estimate of drug-likeness (QED) is 0.657. The summed E-state index contributed by atoms with van der Waals surface area (Å²) >= 11 is 0. The third-order valence-corrected chi connectivity index (χ3v) is 2.14. The van der Waals surface area contributed by atoms with Crippen molar-refractivity contribution in [3.8, 4) is 5.75 Å². The van der Waals surface area contributed by atoms with Crippen LogP contribution in [0.25, 0.3) is 5.57 Å². The average Bonchev–Trinajstić information content (AvgIpc) is 2.18. The Morgan fingerprint density at radius 1 is 1.50 bits per heavy atom. The molecule has 0 saturated carbocycles. The van der Waals surface area contributed by atoms with Gasteiger partial charge in [0.2, 0.25) is 0 Å². The minimum absolute atomic E-state index is 0.867. The highest BCUT2D eigenvalue weighted by atomic mass is 16.5. The summed E-state index contributed by atoms with van der Waals surface area (Å²) in [7, 11) is 1.67. The molecule has 14 heavy (non-hydrogen) atoms. The van der Waals surface area contributed by atoms with Gasteiger partial charge in [-0.1, -0.05) is 24.3 Å². The van der Waals surface area contributed by atoms with Crippen LogP contribution in [0, 0.1) is 0 Å². The number of hydrogen-bond acceptors (Lipinski definition) is 1. The number of hydrogen-bond donors (Lipinski definition) is 0. The smallest absolute Gasteiger partial charge is 0.119 e. The summed E-state index contributed by atoms with van der Waals surface area (Å²) in [5, 5.41) is 0. The maximum atomic E-state index is 5.17. The van der Waals surface area contributed by atoms with Crippen LogP contribution in [0.3, 0.4) is 0 Å². The van der Waals surface area contributed by atoms with E-state index in [4.69, 9.17) is 4.74 Å². The number of rotatable bonds is 4. The summed E-state index contributed by atoms with van der Waals surface area (Å²) in [4.78, 5) is 0. The molecule has 0 saturated heterocycles. The zero-order chi connectivity index (χ0) is 10.6. The number of benzene rings is 1. The van der Waals surface area contributed by atoms with Crippen molar-refractivity contribution in [1.82, 2.24) is 0 Å². The molecule has 0 aliphatic heterocycles. The van der Waals surface area contributed by atoms with Gasteiger partial charge in [-0.3, -0.25) is 0 Å². The van der Waals surface area contributed by atoms with Crippen LogP contribution in [-0.4, -0.2) is 7.11 Å². The minimum atomic E-state index is 0.867. The van der Waals surface area contributed by atoms with Gasteiger partial charge in [-0.2, -0.15) is 0 Å². The van der Waals surface area contributed by atoms with Crippen molar-refractivity contribution in [2.24, 2.45) is 0 Å². The highest BCUT2D eigenvalue weighted by molar-refractivity contribution is 5.66. The van der Waals surface area contributed by atoms with Gasteiger partial charge in [0.1, 0.15) is 5.75 Å². The lowest BCUT2D eigenvalue weighted by atomic mass is 9.99. The number of ether oxygens (including phenoxy) is 1. The fraction of sp³-hybridized carbons (Fsp3) is 0.231. The van der Waals surface area contributed by atoms with Crippen LogP contribution in [0.4, 0.5) is 0 Å². The maximum absolute atomic E-state index is 5.17. The Balaban J connectivity index is 3.16. The highest BCUT2D eigenvalue weighted by Gasteiger charge is 2.03. The first-order valence-electron chi connectivity index (χ1n) is 4.62. The van der Waals surface area contributed by atoms with E-state index in [9.17, 15) is 0 Å². The van der Waals surface area contributed by atoms with E-state index in [2.05, 4.69) is 19.2 Å². The van der Waals surface area contributed by atoms with Gasteiger partial charge in [0.25, 0.3) is 0 Å². The van der Waals surface area contributed by atoms with Gasteiger partial charge in [0.05, 0.1) is 7.11 Å². The lowest BCUT2D eigenvalue weighted by Gasteiger charge is -2.09. The van der Waals surface area contributed by atoms with E-state index in [0.29, 0.717) is 0 Å². The first-order valence-corrected chi connectivity index (χ1v) is 4.62. The van der Waals surface area contributed by atoms with Gasteiger partial charge in [-0.15, -0.1) is 6.58 Å². The van der Waals surface area contributed by atoms with E-state index < -0.39 is 0 Å². The molecule has 1 aromatic rings. The van der Waals surface area contributed by atoms with Crippen LogP contribution in [0.15, 0.2) is 37.4 Å². The standard InChI is InChI=1S/C13H16O/c1-5-6-11-7-8-12(14-4)9-13(11)10(2)3/h5,7-9H,1-2,6H2,3-4H3. The normalized spacial score (nSPS) is 9.57. The van der Waals surface area contributed by atoms with Crippen molar-refractivity contribution in [2.45, 2.75) is 13.3 Å². The van der Waals surface area contributed by atoms with Crippen molar-refractivity contribution in [1.29, 1.82) is 0 Å².